The minimum Gasteiger partial charge on any atom is -0.623 e. The van der Waals surface area contributed by atoms with Crippen LogP contribution in [0.2, 0.25) is 0 Å². The van der Waals surface area contributed by atoms with Crippen LogP contribution in [0, 0.1) is 22.0 Å². The van der Waals surface area contributed by atoms with E-state index in [4.69, 9.17) is 0 Å². The van der Waals surface area contributed by atoms with Crippen LogP contribution in [-0.2, 0) is 14.8 Å². The molecule has 0 aromatic heterocycles. The molecule has 0 unspecified atom stereocenters. The van der Waals surface area contributed by atoms with Gasteiger partial charge in [0.2, 0.25) is 16.1 Å². The van der Waals surface area contributed by atoms with E-state index in [-0.39, 0.29) is 22.6 Å². The van der Waals surface area contributed by atoms with E-state index in [0.717, 1.165) is 49.0 Å². The molecule has 1 spiro atoms. The number of hydrogen-bond donors (Lipinski definition) is 0. The maximum atomic E-state index is 13.3. The molecule has 26 heavy (non-hydrogen) atoms. The van der Waals surface area contributed by atoms with Gasteiger partial charge in [-0.1, -0.05) is 20.8 Å². The van der Waals surface area contributed by atoms with Crippen LogP contribution in [0.4, 0.5) is 0 Å². The highest BCUT2D eigenvalue weighted by Crippen LogP contribution is 2.70. The molecule has 2 aliphatic carbocycles. The van der Waals surface area contributed by atoms with Crippen molar-refractivity contribution < 1.29 is 18.0 Å². The first kappa shape index (κ1) is 18.3. The van der Waals surface area contributed by atoms with Crippen LogP contribution in [-0.4, -0.2) is 46.9 Å². The fourth-order valence-corrected chi connectivity index (χ4v) is 8.99. The van der Waals surface area contributed by atoms with E-state index in [1.165, 1.54) is 4.31 Å². The lowest BCUT2D eigenvalue weighted by atomic mass is 9.69. The molecule has 1 amide bonds. The molecular formula is C19H30N2O4S. The summed E-state index contributed by atoms with van der Waals surface area (Å²) in [5, 5.41) is 12.7. The summed E-state index contributed by atoms with van der Waals surface area (Å²) in [7, 11) is -3.65. The zero-order chi connectivity index (χ0) is 18.9. The zero-order valence-electron chi connectivity index (χ0n) is 16.0. The van der Waals surface area contributed by atoms with Gasteiger partial charge < -0.3 is 5.21 Å². The van der Waals surface area contributed by atoms with Crippen molar-refractivity contribution in [2.24, 2.45) is 16.7 Å². The molecule has 6 nitrogen and oxygen atoms in total. The molecule has 4 rings (SSSR count). The minimum atomic E-state index is -3.65. The number of amides is 1. The van der Waals surface area contributed by atoms with Crippen LogP contribution in [0.3, 0.4) is 0 Å². The Hall–Kier alpha value is -1.11. The van der Waals surface area contributed by atoms with Gasteiger partial charge in [0, 0.05) is 24.7 Å². The maximum Gasteiger partial charge on any atom is 0.306 e. The van der Waals surface area contributed by atoms with Crippen molar-refractivity contribution in [3.05, 3.63) is 5.21 Å². The van der Waals surface area contributed by atoms with Crippen molar-refractivity contribution >= 4 is 21.6 Å². The monoisotopic (exact) mass is 382 g/mol. The van der Waals surface area contributed by atoms with Gasteiger partial charge >= 0.3 is 5.91 Å². The van der Waals surface area contributed by atoms with Gasteiger partial charge in [0.15, 0.2) is 5.71 Å². The normalized spacial score (nSPS) is 40.1. The summed E-state index contributed by atoms with van der Waals surface area (Å²) < 4.78 is 28.0. The van der Waals surface area contributed by atoms with Gasteiger partial charge in [-0.2, -0.15) is 0 Å². The van der Waals surface area contributed by atoms with Crippen molar-refractivity contribution in [1.82, 2.24) is 4.31 Å². The molecule has 4 atom stereocenters. The molecule has 0 aromatic rings. The van der Waals surface area contributed by atoms with Crippen molar-refractivity contribution in [2.75, 3.05) is 5.75 Å². The molecule has 2 aliphatic heterocycles. The molecule has 0 N–H and O–H groups in total. The Labute approximate surface area is 156 Å². The molecule has 0 aromatic carbocycles. The van der Waals surface area contributed by atoms with Crippen LogP contribution in [0.25, 0.3) is 0 Å². The predicted octanol–water partition coefficient (Wildman–Crippen LogP) is 2.66. The SMILES string of the molecule is CCCC1=[N+]([O-])[C@@H](C(=O)N2[C@@H]3C[C@H]4CC[C@]3(CS2(=O)=O)C4(C)C)CCC1. The molecule has 7 heteroatoms. The lowest BCUT2D eigenvalue weighted by molar-refractivity contribution is -0.495. The molecule has 3 fully saturated rings. The number of hydrogen-bond acceptors (Lipinski definition) is 4. The number of carbonyl (C=O) groups is 1. The second-order valence-electron chi connectivity index (χ2n) is 9.31. The first-order valence-electron chi connectivity index (χ1n) is 10.0. The quantitative estimate of drug-likeness (QED) is 0.555. The van der Waals surface area contributed by atoms with Crippen LogP contribution < -0.4 is 0 Å². The topological polar surface area (TPSA) is 80.5 Å². The second kappa shape index (κ2) is 5.69. The lowest BCUT2D eigenvalue weighted by Gasteiger charge is -2.37. The van der Waals surface area contributed by atoms with E-state index in [0.29, 0.717) is 18.8 Å². The van der Waals surface area contributed by atoms with E-state index in [1.54, 1.807) is 0 Å². The molecule has 0 radical (unpaired) electrons. The van der Waals surface area contributed by atoms with Crippen molar-refractivity contribution in [3.63, 3.8) is 0 Å². The predicted molar refractivity (Wildman–Crippen MR) is 99.2 cm³/mol. The Balaban J connectivity index is 1.70. The first-order valence-corrected chi connectivity index (χ1v) is 11.6. The molecule has 2 heterocycles. The average molecular weight is 383 g/mol. The summed E-state index contributed by atoms with van der Waals surface area (Å²) >= 11 is 0. The molecule has 146 valence electrons. The molecular weight excluding hydrogens is 352 g/mol. The van der Waals surface area contributed by atoms with E-state index < -0.39 is 22.0 Å². The number of sulfonamides is 1. The molecule has 2 bridgehead atoms. The van der Waals surface area contributed by atoms with Gasteiger partial charge in [0.25, 0.3) is 0 Å². The van der Waals surface area contributed by atoms with Gasteiger partial charge in [-0.3, -0.25) is 4.79 Å². The first-order chi connectivity index (χ1) is 12.2. The lowest BCUT2D eigenvalue weighted by Crippen LogP contribution is -2.51. The molecule has 4 aliphatic rings. The van der Waals surface area contributed by atoms with E-state index in [1.807, 2.05) is 6.92 Å². The van der Waals surface area contributed by atoms with Gasteiger partial charge in [-0.25, -0.2) is 17.5 Å². The van der Waals surface area contributed by atoms with Gasteiger partial charge in [0.05, 0.1) is 11.8 Å². The minimum absolute atomic E-state index is 0.0665. The summed E-state index contributed by atoms with van der Waals surface area (Å²) in [6.07, 6.45) is 6.17. The highest BCUT2D eigenvalue weighted by Gasteiger charge is 2.72. The molecule has 1 saturated heterocycles. The summed E-state index contributed by atoms with van der Waals surface area (Å²) in [5.41, 5.74) is 0.352. The summed E-state index contributed by atoms with van der Waals surface area (Å²) in [6, 6.07) is -1.11. The summed E-state index contributed by atoms with van der Waals surface area (Å²) in [6.45, 7) is 6.35. The Morgan fingerprint density at radius 3 is 2.73 bits per heavy atom. The largest absolute Gasteiger partial charge is 0.623 e. The zero-order valence-corrected chi connectivity index (χ0v) is 16.8. The van der Waals surface area contributed by atoms with E-state index in [9.17, 15) is 18.4 Å². The van der Waals surface area contributed by atoms with Crippen LogP contribution in [0.15, 0.2) is 0 Å². The fraction of sp³-hybridized carbons (Fsp3) is 0.895. The number of hydroxylamine groups is 1. The van der Waals surface area contributed by atoms with Gasteiger partial charge in [-0.15, -0.1) is 0 Å². The second-order valence-corrected chi connectivity index (χ2v) is 11.2. The van der Waals surface area contributed by atoms with Crippen LogP contribution >= 0.6 is 0 Å². The highest BCUT2D eigenvalue weighted by atomic mass is 32.2. The summed E-state index contributed by atoms with van der Waals surface area (Å²) in [5.74, 6) is 0.0607. The third kappa shape index (κ3) is 2.18. The summed E-state index contributed by atoms with van der Waals surface area (Å²) in [4.78, 5) is 13.3. The standard InChI is InChI=1S/C19H30N2O4S/c1-4-6-14-7-5-8-15(20(14)23)17(22)21-16-11-13-9-10-19(16,18(13,2)3)12-26(21,24)25/h13,15-16H,4-12H2,1-3H3/t13-,15-,16-,19-/m1/s1. The van der Waals surface area contributed by atoms with Crippen LogP contribution in [0.1, 0.15) is 72.1 Å². The van der Waals surface area contributed by atoms with Gasteiger partial charge in [-0.05, 0) is 43.4 Å². The number of rotatable bonds is 3. The third-order valence-corrected chi connectivity index (χ3v) is 9.90. The van der Waals surface area contributed by atoms with Gasteiger partial charge in [0.1, 0.15) is 0 Å². The van der Waals surface area contributed by atoms with E-state index >= 15 is 0 Å². The van der Waals surface area contributed by atoms with Crippen molar-refractivity contribution in [1.29, 1.82) is 0 Å². The number of fused-ring (bicyclic) bond motifs is 1. The van der Waals surface area contributed by atoms with E-state index in [2.05, 4.69) is 13.8 Å². The molecule has 2 saturated carbocycles. The number of nitrogens with zero attached hydrogens (tertiary/aromatic N) is 2. The maximum absolute atomic E-state index is 13.3. The third-order valence-electron chi connectivity index (χ3n) is 7.99. The Kier molecular flexibility index (Phi) is 4.00. The van der Waals surface area contributed by atoms with Crippen LogP contribution in [0.5, 0.6) is 0 Å². The van der Waals surface area contributed by atoms with Crippen molar-refractivity contribution in [2.45, 2.75) is 84.2 Å². The smallest absolute Gasteiger partial charge is 0.306 e. The fourth-order valence-electron chi connectivity index (χ4n) is 6.42. The Morgan fingerprint density at radius 2 is 2.08 bits per heavy atom. The van der Waals surface area contributed by atoms with Crippen molar-refractivity contribution in [3.8, 4) is 0 Å². The average Bonchev–Trinajstić information content (AvgIpc) is 3.04. The Morgan fingerprint density at radius 1 is 1.35 bits per heavy atom. The highest BCUT2D eigenvalue weighted by molar-refractivity contribution is 7.90. The Bertz CT molecular complexity index is 772. The number of carbonyl (C=O) groups excluding carboxylic acids is 1.